The highest BCUT2D eigenvalue weighted by Crippen LogP contribution is 2.21. The van der Waals surface area contributed by atoms with Crippen molar-refractivity contribution in [2.24, 2.45) is 0 Å². The molecule has 0 fully saturated rings. The lowest BCUT2D eigenvalue weighted by atomic mass is 10.2. The number of nitrogens with zero attached hydrogens (tertiary/aromatic N) is 1. The second-order valence-electron chi connectivity index (χ2n) is 4.54. The topological polar surface area (TPSA) is 54.0 Å². The predicted molar refractivity (Wildman–Crippen MR) is 79.2 cm³/mol. The van der Waals surface area contributed by atoms with Crippen LogP contribution < -0.4 is 10.6 Å². The molecule has 0 aliphatic rings. The minimum Gasteiger partial charge on any atom is -0.348 e. The minimum atomic E-state index is 0.0135. The standard InChI is InChI=1S/C14H19N3OS/c1-3-10(2)15-8-13(18)16-9-14-17-11-6-4-5-7-12(11)19-14/h4-7,10,15H,3,8-9H2,1-2H3,(H,16,18). The third kappa shape index (κ3) is 4.01. The molecule has 1 unspecified atom stereocenters. The van der Waals surface area contributed by atoms with Gasteiger partial charge in [0, 0.05) is 6.04 Å². The molecule has 0 saturated carbocycles. The van der Waals surface area contributed by atoms with Gasteiger partial charge in [0.1, 0.15) is 5.01 Å². The molecule has 19 heavy (non-hydrogen) atoms. The van der Waals surface area contributed by atoms with Gasteiger partial charge in [0.2, 0.25) is 5.91 Å². The van der Waals surface area contributed by atoms with Crippen molar-refractivity contribution in [3.05, 3.63) is 29.3 Å². The van der Waals surface area contributed by atoms with E-state index in [1.165, 1.54) is 0 Å². The first-order valence-electron chi connectivity index (χ1n) is 6.53. The summed E-state index contributed by atoms with van der Waals surface area (Å²) >= 11 is 1.62. The van der Waals surface area contributed by atoms with E-state index in [2.05, 4.69) is 29.5 Å². The van der Waals surface area contributed by atoms with Gasteiger partial charge in [-0.2, -0.15) is 0 Å². The van der Waals surface area contributed by atoms with E-state index in [0.717, 1.165) is 21.6 Å². The molecule has 1 aromatic heterocycles. The number of nitrogens with one attached hydrogen (secondary N) is 2. The molecule has 2 N–H and O–H groups in total. The van der Waals surface area contributed by atoms with E-state index in [0.29, 0.717) is 19.1 Å². The molecule has 0 radical (unpaired) electrons. The van der Waals surface area contributed by atoms with Crippen LogP contribution in [0.5, 0.6) is 0 Å². The summed E-state index contributed by atoms with van der Waals surface area (Å²) in [6.07, 6.45) is 1.02. The molecular formula is C14H19N3OS. The largest absolute Gasteiger partial charge is 0.348 e. The van der Waals surface area contributed by atoms with Gasteiger partial charge in [-0.05, 0) is 25.5 Å². The number of carbonyl (C=O) groups excluding carboxylic acids is 1. The van der Waals surface area contributed by atoms with Crippen LogP contribution in [-0.4, -0.2) is 23.5 Å². The molecule has 0 spiro atoms. The van der Waals surface area contributed by atoms with Crippen molar-refractivity contribution in [1.29, 1.82) is 0 Å². The second kappa shape index (κ2) is 6.63. The first kappa shape index (κ1) is 14.0. The SMILES string of the molecule is CCC(C)NCC(=O)NCc1nc2ccccc2s1. The summed E-state index contributed by atoms with van der Waals surface area (Å²) in [5.74, 6) is 0.0135. The molecule has 4 nitrogen and oxygen atoms in total. The Morgan fingerprint density at radius 2 is 2.21 bits per heavy atom. The van der Waals surface area contributed by atoms with E-state index in [-0.39, 0.29) is 5.91 Å². The van der Waals surface area contributed by atoms with Crippen LogP contribution in [0.25, 0.3) is 10.2 Å². The van der Waals surface area contributed by atoms with Crippen LogP contribution in [0.15, 0.2) is 24.3 Å². The van der Waals surface area contributed by atoms with Gasteiger partial charge >= 0.3 is 0 Å². The molecule has 1 heterocycles. The van der Waals surface area contributed by atoms with Gasteiger partial charge in [0.15, 0.2) is 0 Å². The van der Waals surface area contributed by atoms with Gasteiger partial charge in [0.05, 0.1) is 23.3 Å². The lowest BCUT2D eigenvalue weighted by molar-refractivity contribution is -0.120. The van der Waals surface area contributed by atoms with E-state index < -0.39 is 0 Å². The second-order valence-corrected chi connectivity index (χ2v) is 5.66. The highest BCUT2D eigenvalue weighted by atomic mass is 32.1. The van der Waals surface area contributed by atoms with Crippen molar-refractivity contribution in [1.82, 2.24) is 15.6 Å². The fourth-order valence-corrected chi connectivity index (χ4v) is 2.55. The number of fused-ring (bicyclic) bond motifs is 1. The molecule has 0 aliphatic heterocycles. The van der Waals surface area contributed by atoms with Crippen LogP contribution in [0.1, 0.15) is 25.3 Å². The molecule has 5 heteroatoms. The van der Waals surface area contributed by atoms with Gasteiger partial charge < -0.3 is 10.6 Å². The number of benzene rings is 1. The number of para-hydroxylation sites is 1. The number of carbonyl (C=O) groups is 1. The van der Waals surface area contributed by atoms with Crippen molar-refractivity contribution in [2.45, 2.75) is 32.9 Å². The highest BCUT2D eigenvalue weighted by molar-refractivity contribution is 7.18. The summed E-state index contributed by atoms with van der Waals surface area (Å²) in [7, 11) is 0. The maximum absolute atomic E-state index is 11.7. The maximum Gasteiger partial charge on any atom is 0.234 e. The van der Waals surface area contributed by atoms with Gasteiger partial charge in [0.25, 0.3) is 0 Å². The van der Waals surface area contributed by atoms with E-state index in [4.69, 9.17) is 0 Å². The highest BCUT2D eigenvalue weighted by Gasteiger charge is 2.06. The normalized spacial score (nSPS) is 12.5. The monoisotopic (exact) mass is 277 g/mol. The van der Waals surface area contributed by atoms with E-state index in [9.17, 15) is 4.79 Å². The van der Waals surface area contributed by atoms with Crippen LogP contribution in [-0.2, 0) is 11.3 Å². The number of rotatable bonds is 6. The number of amides is 1. The fourth-order valence-electron chi connectivity index (χ4n) is 1.64. The molecule has 0 aliphatic carbocycles. The quantitative estimate of drug-likeness (QED) is 0.852. The lowest BCUT2D eigenvalue weighted by Gasteiger charge is -2.10. The van der Waals surface area contributed by atoms with Crippen molar-refractivity contribution in [2.75, 3.05) is 6.54 Å². The lowest BCUT2D eigenvalue weighted by Crippen LogP contribution is -2.37. The molecule has 2 rings (SSSR count). The van der Waals surface area contributed by atoms with Crippen LogP contribution in [0.3, 0.4) is 0 Å². The first-order chi connectivity index (χ1) is 9.19. The van der Waals surface area contributed by atoms with Gasteiger partial charge in [-0.15, -0.1) is 11.3 Å². The predicted octanol–water partition coefficient (Wildman–Crippen LogP) is 2.30. The number of hydrogen-bond acceptors (Lipinski definition) is 4. The zero-order chi connectivity index (χ0) is 13.7. The zero-order valence-corrected chi connectivity index (χ0v) is 12.1. The van der Waals surface area contributed by atoms with E-state index in [1.807, 2.05) is 24.3 Å². The Morgan fingerprint density at radius 1 is 1.42 bits per heavy atom. The number of aromatic nitrogens is 1. The summed E-state index contributed by atoms with van der Waals surface area (Å²) in [6, 6.07) is 8.37. The van der Waals surface area contributed by atoms with Crippen molar-refractivity contribution >= 4 is 27.5 Å². The molecule has 1 atom stereocenters. The van der Waals surface area contributed by atoms with Crippen LogP contribution in [0.2, 0.25) is 0 Å². The molecule has 2 aromatic rings. The molecule has 0 saturated heterocycles. The van der Waals surface area contributed by atoms with Crippen molar-refractivity contribution in [3.8, 4) is 0 Å². The summed E-state index contributed by atoms with van der Waals surface area (Å²) in [6.45, 7) is 5.03. The summed E-state index contributed by atoms with van der Waals surface area (Å²) < 4.78 is 1.16. The van der Waals surface area contributed by atoms with Crippen LogP contribution in [0.4, 0.5) is 0 Å². The van der Waals surface area contributed by atoms with Crippen LogP contribution in [0, 0.1) is 0 Å². The summed E-state index contributed by atoms with van der Waals surface area (Å²) in [5.41, 5.74) is 0.995. The Bertz CT molecular complexity index is 519. The van der Waals surface area contributed by atoms with Gasteiger partial charge in [-0.1, -0.05) is 19.1 Å². The summed E-state index contributed by atoms with van der Waals surface area (Å²) in [4.78, 5) is 16.1. The Balaban J connectivity index is 1.83. The molecule has 102 valence electrons. The van der Waals surface area contributed by atoms with E-state index in [1.54, 1.807) is 11.3 Å². The smallest absolute Gasteiger partial charge is 0.234 e. The number of thiazole rings is 1. The first-order valence-corrected chi connectivity index (χ1v) is 7.35. The van der Waals surface area contributed by atoms with Crippen LogP contribution >= 0.6 is 11.3 Å². The fraction of sp³-hybridized carbons (Fsp3) is 0.429. The Morgan fingerprint density at radius 3 is 2.95 bits per heavy atom. The molecular weight excluding hydrogens is 258 g/mol. The van der Waals surface area contributed by atoms with Gasteiger partial charge in [-0.25, -0.2) is 4.98 Å². The maximum atomic E-state index is 11.7. The minimum absolute atomic E-state index is 0.0135. The van der Waals surface area contributed by atoms with Gasteiger partial charge in [-0.3, -0.25) is 4.79 Å². The van der Waals surface area contributed by atoms with Crippen molar-refractivity contribution < 1.29 is 4.79 Å². The number of hydrogen-bond donors (Lipinski definition) is 2. The third-order valence-corrected chi connectivity index (χ3v) is 4.03. The average Bonchev–Trinajstić information content (AvgIpc) is 2.85. The third-order valence-electron chi connectivity index (χ3n) is 3.00. The Kier molecular flexibility index (Phi) is 4.87. The Hall–Kier alpha value is -1.46. The zero-order valence-electron chi connectivity index (χ0n) is 11.3. The molecule has 1 aromatic carbocycles. The van der Waals surface area contributed by atoms with E-state index >= 15 is 0 Å². The summed E-state index contributed by atoms with van der Waals surface area (Å²) in [5, 5.41) is 6.99. The average molecular weight is 277 g/mol. The Labute approximate surface area is 117 Å². The molecule has 1 amide bonds. The van der Waals surface area contributed by atoms with Crippen molar-refractivity contribution in [3.63, 3.8) is 0 Å². The molecule has 0 bridgehead atoms.